The van der Waals surface area contributed by atoms with E-state index in [0.717, 1.165) is 11.3 Å². The van der Waals surface area contributed by atoms with Crippen molar-refractivity contribution in [3.8, 4) is 0 Å². The fourth-order valence-corrected chi connectivity index (χ4v) is 3.09. The van der Waals surface area contributed by atoms with E-state index < -0.39 is 0 Å². The van der Waals surface area contributed by atoms with Gasteiger partial charge >= 0.3 is 0 Å². The summed E-state index contributed by atoms with van der Waals surface area (Å²) in [4.78, 5) is 0. The average molecular weight is 287 g/mol. The van der Waals surface area contributed by atoms with E-state index in [-0.39, 0.29) is 11.9 Å². The maximum Gasteiger partial charge on any atom is 0.123 e. The second-order valence-corrected chi connectivity index (χ2v) is 5.94. The van der Waals surface area contributed by atoms with Crippen LogP contribution < -0.4 is 5.73 Å². The molecule has 1 saturated carbocycles. The number of benzene rings is 1. The molecule has 3 nitrogen and oxygen atoms in total. The Labute approximate surface area is 125 Å². The first-order chi connectivity index (χ1) is 10.2. The lowest BCUT2D eigenvalue weighted by molar-refractivity contribution is 0.328. The summed E-state index contributed by atoms with van der Waals surface area (Å²) in [5.74, 6) is -0.229. The van der Waals surface area contributed by atoms with Gasteiger partial charge in [0, 0.05) is 18.7 Å². The van der Waals surface area contributed by atoms with Crippen LogP contribution in [-0.2, 0) is 6.42 Å². The molecule has 112 valence electrons. The Kier molecular flexibility index (Phi) is 4.34. The van der Waals surface area contributed by atoms with E-state index >= 15 is 0 Å². The van der Waals surface area contributed by atoms with E-state index in [1.54, 1.807) is 12.1 Å². The van der Waals surface area contributed by atoms with Crippen molar-refractivity contribution in [2.45, 2.75) is 50.6 Å². The fraction of sp³-hybridized carbons (Fsp3) is 0.471. The van der Waals surface area contributed by atoms with Crippen molar-refractivity contribution in [1.29, 1.82) is 0 Å². The average Bonchev–Trinajstić information content (AvgIpc) is 2.97. The zero-order valence-corrected chi connectivity index (χ0v) is 12.2. The monoisotopic (exact) mass is 287 g/mol. The summed E-state index contributed by atoms with van der Waals surface area (Å²) < 4.78 is 15.0. The highest BCUT2D eigenvalue weighted by Crippen LogP contribution is 2.27. The molecule has 0 radical (unpaired) electrons. The molecule has 0 saturated heterocycles. The lowest BCUT2D eigenvalue weighted by atomic mass is 9.96. The molecule has 0 aliphatic heterocycles. The molecule has 21 heavy (non-hydrogen) atoms. The summed E-state index contributed by atoms with van der Waals surface area (Å²) in [5, 5.41) is 4.68. The van der Waals surface area contributed by atoms with E-state index in [1.165, 1.54) is 44.2 Å². The molecule has 2 aromatic rings. The van der Waals surface area contributed by atoms with E-state index in [0.29, 0.717) is 12.5 Å². The van der Waals surface area contributed by atoms with E-state index in [2.05, 4.69) is 22.0 Å². The molecular formula is C17H22FN3. The summed E-state index contributed by atoms with van der Waals surface area (Å²) in [6, 6.07) is 8.87. The highest BCUT2D eigenvalue weighted by Gasteiger charge is 2.17. The Balaban J connectivity index is 1.64. The zero-order chi connectivity index (χ0) is 14.7. The Morgan fingerprint density at radius 1 is 1.14 bits per heavy atom. The largest absolute Gasteiger partial charge is 0.324 e. The van der Waals surface area contributed by atoms with Gasteiger partial charge in [0.2, 0.25) is 0 Å². The first-order valence-electron chi connectivity index (χ1n) is 7.77. The lowest BCUT2D eigenvalue weighted by Crippen LogP contribution is -2.16. The van der Waals surface area contributed by atoms with Gasteiger partial charge in [-0.25, -0.2) is 4.39 Å². The quantitative estimate of drug-likeness (QED) is 0.930. The number of hydrogen-bond acceptors (Lipinski definition) is 2. The summed E-state index contributed by atoms with van der Waals surface area (Å²) in [5.41, 5.74) is 8.15. The molecule has 4 heteroatoms. The van der Waals surface area contributed by atoms with Crippen LogP contribution in [0.1, 0.15) is 55.4 Å². The summed E-state index contributed by atoms with van der Waals surface area (Å²) in [6.07, 6.45) is 9.16. The van der Waals surface area contributed by atoms with Gasteiger partial charge in [0.25, 0.3) is 0 Å². The molecule has 3 rings (SSSR count). The van der Waals surface area contributed by atoms with E-state index in [9.17, 15) is 4.39 Å². The predicted octanol–water partition coefficient (Wildman–Crippen LogP) is 3.77. The second-order valence-electron chi connectivity index (χ2n) is 5.94. The molecule has 0 amide bonds. The Morgan fingerprint density at radius 2 is 1.86 bits per heavy atom. The number of hydrogen-bond donors (Lipinski definition) is 1. The van der Waals surface area contributed by atoms with Gasteiger partial charge in [-0.3, -0.25) is 4.68 Å². The third kappa shape index (κ3) is 3.50. The standard InChI is InChI=1S/C17H22FN3/c18-14-8-6-13(7-9-14)17(19)12-15-10-11-21(20-15)16-4-2-1-3-5-16/h6-11,16-17H,1-5,12,19H2. The van der Waals surface area contributed by atoms with Gasteiger partial charge in [0.15, 0.2) is 0 Å². The van der Waals surface area contributed by atoms with Gasteiger partial charge < -0.3 is 5.73 Å². The molecule has 1 heterocycles. The first-order valence-corrected chi connectivity index (χ1v) is 7.77. The Morgan fingerprint density at radius 3 is 2.57 bits per heavy atom. The van der Waals surface area contributed by atoms with Gasteiger partial charge in [-0.2, -0.15) is 5.10 Å². The number of halogens is 1. The van der Waals surface area contributed by atoms with Gasteiger partial charge in [0.1, 0.15) is 5.82 Å². The third-order valence-electron chi connectivity index (χ3n) is 4.34. The molecule has 1 unspecified atom stereocenters. The minimum Gasteiger partial charge on any atom is -0.324 e. The van der Waals surface area contributed by atoms with Crippen LogP contribution in [-0.4, -0.2) is 9.78 Å². The van der Waals surface area contributed by atoms with Crippen molar-refractivity contribution in [3.05, 3.63) is 53.6 Å². The van der Waals surface area contributed by atoms with E-state index in [4.69, 9.17) is 5.73 Å². The zero-order valence-electron chi connectivity index (χ0n) is 12.2. The smallest absolute Gasteiger partial charge is 0.123 e. The van der Waals surface area contributed by atoms with Crippen LogP contribution in [0.15, 0.2) is 36.5 Å². The fourth-order valence-electron chi connectivity index (χ4n) is 3.09. The molecule has 1 fully saturated rings. The molecule has 1 aliphatic rings. The van der Waals surface area contributed by atoms with Crippen LogP contribution in [0.2, 0.25) is 0 Å². The lowest BCUT2D eigenvalue weighted by Gasteiger charge is -2.21. The Hall–Kier alpha value is -1.68. The van der Waals surface area contributed by atoms with Crippen molar-refractivity contribution in [2.24, 2.45) is 5.73 Å². The van der Waals surface area contributed by atoms with Gasteiger partial charge in [-0.05, 0) is 36.6 Å². The number of nitrogens with two attached hydrogens (primary N) is 1. The molecule has 0 bridgehead atoms. The molecule has 1 aromatic heterocycles. The summed E-state index contributed by atoms with van der Waals surface area (Å²) in [6.45, 7) is 0. The topological polar surface area (TPSA) is 43.8 Å². The van der Waals surface area contributed by atoms with Crippen molar-refractivity contribution >= 4 is 0 Å². The van der Waals surface area contributed by atoms with Crippen molar-refractivity contribution in [2.75, 3.05) is 0 Å². The molecule has 1 aliphatic carbocycles. The first kappa shape index (κ1) is 14.3. The highest BCUT2D eigenvalue weighted by molar-refractivity contribution is 5.21. The van der Waals surface area contributed by atoms with Gasteiger partial charge in [0.05, 0.1) is 11.7 Å². The summed E-state index contributed by atoms with van der Waals surface area (Å²) in [7, 11) is 0. The van der Waals surface area contributed by atoms with Gasteiger partial charge in [-0.15, -0.1) is 0 Å². The SMILES string of the molecule is NC(Cc1ccn(C2CCCCC2)n1)c1ccc(F)cc1. The van der Waals surface area contributed by atoms with Crippen molar-refractivity contribution in [3.63, 3.8) is 0 Å². The number of nitrogens with zero attached hydrogens (tertiary/aromatic N) is 2. The molecule has 0 spiro atoms. The second kappa shape index (κ2) is 6.39. The van der Waals surface area contributed by atoms with E-state index in [1.807, 2.05) is 0 Å². The predicted molar refractivity (Wildman–Crippen MR) is 81.4 cm³/mol. The minimum absolute atomic E-state index is 0.139. The maximum atomic E-state index is 12.9. The summed E-state index contributed by atoms with van der Waals surface area (Å²) >= 11 is 0. The maximum absolute atomic E-state index is 12.9. The molecule has 1 atom stereocenters. The molecule has 2 N–H and O–H groups in total. The van der Waals surface area contributed by atoms with Gasteiger partial charge in [-0.1, -0.05) is 31.4 Å². The van der Waals surface area contributed by atoms with Crippen LogP contribution in [0.4, 0.5) is 4.39 Å². The van der Waals surface area contributed by atoms with Crippen LogP contribution in [0.3, 0.4) is 0 Å². The van der Waals surface area contributed by atoms with Crippen LogP contribution >= 0.6 is 0 Å². The van der Waals surface area contributed by atoms with Crippen LogP contribution in [0.25, 0.3) is 0 Å². The number of aromatic nitrogens is 2. The van der Waals surface area contributed by atoms with Crippen LogP contribution in [0.5, 0.6) is 0 Å². The highest BCUT2D eigenvalue weighted by atomic mass is 19.1. The van der Waals surface area contributed by atoms with Crippen molar-refractivity contribution < 1.29 is 4.39 Å². The van der Waals surface area contributed by atoms with Crippen molar-refractivity contribution in [1.82, 2.24) is 9.78 Å². The third-order valence-corrected chi connectivity index (χ3v) is 4.34. The van der Waals surface area contributed by atoms with Crippen LogP contribution in [0, 0.1) is 5.82 Å². The Bertz CT molecular complexity index is 570. The molecular weight excluding hydrogens is 265 g/mol. The number of rotatable bonds is 4. The molecule has 1 aromatic carbocycles. The normalized spacial score (nSPS) is 17.8. The minimum atomic E-state index is -0.229.